The number of carbonyl (C=O) groups excluding carboxylic acids is 1. The molecule has 0 radical (unpaired) electrons. The normalized spacial score (nSPS) is 19.7. The van der Waals surface area contributed by atoms with Crippen LogP contribution in [0.3, 0.4) is 0 Å². The number of ether oxygens (including phenoxy) is 1. The second-order valence-electron chi connectivity index (χ2n) is 8.25. The average molecular weight is 446 g/mol. The van der Waals surface area contributed by atoms with E-state index in [0.29, 0.717) is 18.1 Å². The van der Waals surface area contributed by atoms with Gasteiger partial charge in [0.05, 0.1) is 12.6 Å². The van der Waals surface area contributed by atoms with Crippen LogP contribution in [0.4, 0.5) is 0 Å². The third-order valence-electron chi connectivity index (χ3n) is 5.93. The summed E-state index contributed by atoms with van der Waals surface area (Å²) < 4.78 is 11.1. The Balaban J connectivity index is 1.21. The van der Waals surface area contributed by atoms with Crippen molar-refractivity contribution in [2.75, 3.05) is 6.61 Å². The second-order valence-corrected chi connectivity index (χ2v) is 8.25. The minimum atomic E-state index is -0.281. The Morgan fingerprint density at radius 1 is 1.12 bits per heavy atom. The summed E-state index contributed by atoms with van der Waals surface area (Å²) in [6, 6.07) is 17.5. The van der Waals surface area contributed by atoms with Gasteiger partial charge in [0.1, 0.15) is 18.3 Å². The van der Waals surface area contributed by atoms with Crippen LogP contribution in [0.1, 0.15) is 43.7 Å². The molecular formula is C25H27N5O3. The van der Waals surface area contributed by atoms with E-state index in [1.807, 2.05) is 53.7 Å². The molecule has 5 rings (SSSR count). The molecule has 33 heavy (non-hydrogen) atoms. The number of aromatic nitrogens is 2. The smallest absolute Gasteiger partial charge is 0.251 e. The summed E-state index contributed by atoms with van der Waals surface area (Å²) in [4.78, 5) is 19.2. The fraction of sp³-hybridized carbons (Fsp3) is 0.320. The zero-order chi connectivity index (χ0) is 22.6. The number of benzene rings is 2. The SMILES string of the molecule is CCCCOc1ccc(C2CC3C(=O)N(Cc4nc(-c5ccccc5)no4)C=CN3N2)cc1. The molecule has 1 fully saturated rings. The molecule has 1 N–H and O–H groups in total. The van der Waals surface area contributed by atoms with Crippen molar-refractivity contribution < 1.29 is 14.1 Å². The maximum atomic E-state index is 13.1. The summed E-state index contributed by atoms with van der Waals surface area (Å²) in [5.74, 6) is 1.80. The highest BCUT2D eigenvalue weighted by Crippen LogP contribution is 2.32. The molecule has 0 bridgehead atoms. The molecule has 2 aliphatic heterocycles. The highest BCUT2D eigenvalue weighted by atomic mass is 16.5. The quantitative estimate of drug-likeness (QED) is 0.524. The summed E-state index contributed by atoms with van der Waals surface area (Å²) in [7, 11) is 0. The summed E-state index contributed by atoms with van der Waals surface area (Å²) in [6.07, 6.45) is 6.48. The van der Waals surface area contributed by atoms with Crippen molar-refractivity contribution in [1.29, 1.82) is 0 Å². The van der Waals surface area contributed by atoms with Crippen molar-refractivity contribution in [2.24, 2.45) is 0 Å². The van der Waals surface area contributed by atoms with Crippen LogP contribution in [0.2, 0.25) is 0 Å². The lowest BCUT2D eigenvalue weighted by molar-refractivity contribution is -0.135. The van der Waals surface area contributed by atoms with E-state index in [4.69, 9.17) is 9.26 Å². The van der Waals surface area contributed by atoms with Gasteiger partial charge in [-0.15, -0.1) is 0 Å². The average Bonchev–Trinajstić information content (AvgIpc) is 3.50. The van der Waals surface area contributed by atoms with E-state index in [-0.39, 0.29) is 24.5 Å². The Kier molecular flexibility index (Phi) is 6.08. The van der Waals surface area contributed by atoms with E-state index in [1.165, 1.54) is 0 Å². The monoisotopic (exact) mass is 445 g/mol. The number of hydrazine groups is 1. The van der Waals surface area contributed by atoms with Gasteiger partial charge in [-0.1, -0.05) is 61.0 Å². The summed E-state index contributed by atoms with van der Waals surface area (Å²) >= 11 is 0. The molecule has 0 aliphatic carbocycles. The predicted octanol–water partition coefficient (Wildman–Crippen LogP) is 4.05. The molecule has 170 valence electrons. The van der Waals surface area contributed by atoms with Crippen molar-refractivity contribution in [3.8, 4) is 17.1 Å². The van der Waals surface area contributed by atoms with Crippen molar-refractivity contribution in [3.63, 3.8) is 0 Å². The molecule has 3 heterocycles. The summed E-state index contributed by atoms with van der Waals surface area (Å²) in [6.45, 7) is 3.12. The maximum Gasteiger partial charge on any atom is 0.251 e. The molecule has 1 aromatic heterocycles. The maximum absolute atomic E-state index is 13.1. The Labute approximate surface area is 192 Å². The Hall–Kier alpha value is -3.65. The first kappa shape index (κ1) is 21.2. The lowest BCUT2D eigenvalue weighted by atomic mass is 10.0. The molecule has 0 saturated carbocycles. The number of rotatable bonds is 8. The highest BCUT2D eigenvalue weighted by Gasteiger charge is 2.40. The van der Waals surface area contributed by atoms with Gasteiger partial charge in [0.15, 0.2) is 0 Å². The van der Waals surface area contributed by atoms with Crippen LogP contribution in [-0.2, 0) is 11.3 Å². The molecule has 0 spiro atoms. The van der Waals surface area contributed by atoms with E-state index in [0.717, 1.165) is 36.3 Å². The molecule has 3 aromatic rings. The number of fused-ring (bicyclic) bond motifs is 1. The van der Waals surface area contributed by atoms with Crippen LogP contribution in [-0.4, -0.2) is 38.6 Å². The molecule has 2 atom stereocenters. The van der Waals surface area contributed by atoms with Crippen molar-refractivity contribution in [3.05, 3.63) is 78.5 Å². The first-order valence-electron chi connectivity index (χ1n) is 11.4. The number of amides is 1. The van der Waals surface area contributed by atoms with Crippen LogP contribution in [0.15, 0.2) is 71.5 Å². The minimum absolute atomic E-state index is 0.00600. The zero-order valence-electron chi connectivity index (χ0n) is 18.6. The molecule has 1 saturated heterocycles. The van der Waals surface area contributed by atoms with Crippen molar-refractivity contribution >= 4 is 5.91 Å². The molecule has 2 aliphatic rings. The van der Waals surface area contributed by atoms with Gasteiger partial charge in [-0.25, -0.2) is 5.43 Å². The minimum Gasteiger partial charge on any atom is -0.494 e. The van der Waals surface area contributed by atoms with Crippen LogP contribution >= 0.6 is 0 Å². The summed E-state index contributed by atoms with van der Waals surface area (Å²) in [5, 5.41) is 5.93. The third-order valence-corrected chi connectivity index (χ3v) is 5.93. The van der Waals surface area contributed by atoms with Gasteiger partial charge in [0.2, 0.25) is 11.7 Å². The molecule has 2 unspecified atom stereocenters. The van der Waals surface area contributed by atoms with Crippen LogP contribution in [0.25, 0.3) is 11.4 Å². The van der Waals surface area contributed by atoms with Gasteiger partial charge >= 0.3 is 0 Å². The first-order valence-corrected chi connectivity index (χ1v) is 11.4. The lowest BCUT2D eigenvalue weighted by Crippen LogP contribution is -2.47. The number of nitrogens with zero attached hydrogens (tertiary/aromatic N) is 4. The van der Waals surface area contributed by atoms with E-state index >= 15 is 0 Å². The van der Waals surface area contributed by atoms with Crippen molar-refractivity contribution in [1.82, 2.24) is 25.5 Å². The Bertz CT molecular complexity index is 1110. The summed E-state index contributed by atoms with van der Waals surface area (Å²) in [5.41, 5.74) is 5.44. The Morgan fingerprint density at radius 2 is 1.94 bits per heavy atom. The molecular weight excluding hydrogens is 418 g/mol. The molecule has 8 nitrogen and oxygen atoms in total. The number of unbranched alkanes of at least 4 members (excludes halogenated alkanes) is 1. The van der Waals surface area contributed by atoms with Gasteiger partial charge < -0.3 is 19.2 Å². The number of carbonyl (C=O) groups is 1. The molecule has 2 aromatic carbocycles. The van der Waals surface area contributed by atoms with Gasteiger partial charge in [-0.3, -0.25) is 4.79 Å². The standard InChI is InChI=1S/C25H27N5O3/c1-2-3-15-32-20-11-9-18(10-12-20)21-16-22-25(31)29(13-14-30(22)27-21)17-23-26-24(28-33-23)19-7-5-4-6-8-19/h4-14,21-22,27H,2-3,15-17H2,1H3. The fourth-order valence-electron chi connectivity index (χ4n) is 4.08. The zero-order valence-corrected chi connectivity index (χ0v) is 18.6. The van der Waals surface area contributed by atoms with Gasteiger partial charge in [-0.2, -0.15) is 4.98 Å². The van der Waals surface area contributed by atoms with E-state index in [9.17, 15) is 4.79 Å². The predicted molar refractivity (Wildman–Crippen MR) is 122 cm³/mol. The van der Waals surface area contributed by atoms with Gasteiger partial charge in [-0.05, 0) is 30.5 Å². The van der Waals surface area contributed by atoms with Gasteiger partial charge in [0.25, 0.3) is 5.91 Å². The lowest BCUT2D eigenvalue weighted by Gasteiger charge is -2.30. The van der Waals surface area contributed by atoms with Crippen LogP contribution in [0, 0.1) is 0 Å². The largest absolute Gasteiger partial charge is 0.494 e. The van der Waals surface area contributed by atoms with E-state index < -0.39 is 0 Å². The van der Waals surface area contributed by atoms with Crippen LogP contribution in [0.5, 0.6) is 5.75 Å². The topological polar surface area (TPSA) is 83.7 Å². The molecule has 1 amide bonds. The third kappa shape index (κ3) is 4.61. The molecule has 8 heteroatoms. The van der Waals surface area contributed by atoms with E-state index in [1.54, 1.807) is 11.1 Å². The van der Waals surface area contributed by atoms with Crippen molar-refractivity contribution in [2.45, 2.75) is 44.8 Å². The van der Waals surface area contributed by atoms with Gasteiger partial charge in [0, 0.05) is 18.0 Å². The first-order chi connectivity index (χ1) is 16.2. The number of hydrogen-bond donors (Lipinski definition) is 1. The number of nitrogens with one attached hydrogen (secondary N) is 1. The second kappa shape index (κ2) is 9.46. The number of hydrogen-bond acceptors (Lipinski definition) is 7. The fourth-order valence-corrected chi connectivity index (χ4v) is 4.08. The van der Waals surface area contributed by atoms with Crippen LogP contribution < -0.4 is 10.2 Å². The Morgan fingerprint density at radius 3 is 2.73 bits per heavy atom. The van der Waals surface area contributed by atoms with E-state index in [2.05, 4.69) is 34.6 Å². The highest BCUT2D eigenvalue weighted by molar-refractivity contribution is 5.84.